The highest BCUT2D eigenvalue weighted by atomic mass is 35.5. The number of hydrogen-bond acceptors (Lipinski definition) is 3. The molecule has 3 rings (SSSR count). The highest BCUT2D eigenvalue weighted by Gasteiger charge is 2.45. The Morgan fingerprint density at radius 3 is 2.80 bits per heavy atom. The molecule has 6 heteroatoms. The van der Waals surface area contributed by atoms with Crippen LogP contribution in [0, 0.1) is 0 Å². The van der Waals surface area contributed by atoms with E-state index >= 15 is 0 Å². The van der Waals surface area contributed by atoms with Gasteiger partial charge in [-0.15, -0.1) is 0 Å². The normalized spacial score (nSPS) is 15.4. The van der Waals surface area contributed by atoms with Crippen LogP contribution in [0.2, 0.25) is 5.02 Å². The van der Waals surface area contributed by atoms with Gasteiger partial charge in [0.2, 0.25) is 0 Å². The van der Waals surface area contributed by atoms with E-state index in [9.17, 15) is 4.79 Å². The SMILES string of the molecule is O=C(Nc1cnccn1)NC1(c2cccc(Cl)c2)CC1. The lowest BCUT2D eigenvalue weighted by atomic mass is 10.1. The summed E-state index contributed by atoms with van der Waals surface area (Å²) in [7, 11) is 0. The molecule has 0 atom stereocenters. The van der Waals surface area contributed by atoms with Gasteiger partial charge in [0.15, 0.2) is 5.82 Å². The van der Waals surface area contributed by atoms with Crippen LogP contribution in [-0.2, 0) is 5.54 Å². The number of carbonyl (C=O) groups is 1. The van der Waals surface area contributed by atoms with Crippen molar-refractivity contribution in [2.45, 2.75) is 18.4 Å². The van der Waals surface area contributed by atoms with Crippen LogP contribution >= 0.6 is 11.6 Å². The molecule has 1 fully saturated rings. The summed E-state index contributed by atoms with van der Waals surface area (Å²) < 4.78 is 0. The highest BCUT2D eigenvalue weighted by molar-refractivity contribution is 6.30. The summed E-state index contributed by atoms with van der Waals surface area (Å²) in [4.78, 5) is 19.9. The van der Waals surface area contributed by atoms with Crippen molar-refractivity contribution in [2.75, 3.05) is 5.32 Å². The van der Waals surface area contributed by atoms with Gasteiger partial charge in [0.25, 0.3) is 0 Å². The molecule has 1 aliphatic rings. The molecule has 0 aliphatic heterocycles. The van der Waals surface area contributed by atoms with E-state index in [1.165, 1.54) is 12.4 Å². The zero-order chi connectivity index (χ0) is 14.0. The van der Waals surface area contributed by atoms with Crippen LogP contribution in [0.1, 0.15) is 18.4 Å². The average molecular weight is 289 g/mol. The first-order chi connectivity index (χ1) is 9.68. The molecule has 1 heterocycles. The Labute approximate surface area is 121 Å². The first-order valence-electron chi connectivity index (χ1n) is 6.29. The standard InChI is InChI=1S/C14H13ClN4O/c15-11-3-1-2-10(8-11)14(4-5-14)19-13(20)18-12-9-16-6-7-17-12/h1-3,6-9H,4-5H2,(H2,17,18,19,20). The Morgan fingerprint density at radius 2 is 2.15 bits per heavy atom. The van der Waals surface area contributed by atoms with E-state index in [1.54, 1.807) is 6.20 Å². The predicted molar refractivity (Wildman–Crippen MR) is 76.6 cm³/mol. The topological polar surface area (TPSA) is 66.9 Å². The summed E-state index contributed by atoms with van der Waals surface area (Å²) in [6.45, 7) is 0. The van der Waals surface area contributed by atoms with E-state index in [-0.39, 0.29) is 11.6 Å². The number of rotatable bonds is 3. The predicted octanol–water partition coefficient (Wildman–Crippen LogP) is 2.94. The van der Waals surface area contributed by atoms with Gasteiger partial charge >= 0.3 is 6.03 Å². The second kappa shape index (κ2) is 5.09. The number of anilines is 1. The Kier molecular flexibility index (Phi) is 3.28. The van der Waals surface area contributed by atoms with Gasteiger partial charge in [-0.05, 0) is 30.5 Å². The molecular weight excluding hydrogens is 276 g/mol. The monoisotopic (exact) mass is 288 g/mol. The van der Waals surface area contributed by atoms with E-state index in [2.05, 4.69) is 20.6 Å². The molecule has 0 radical (unpaired) electrons. The van der Waals surface area contributed by atoms with Gasteiger partial charge in [-0.2, -0.15) is 0 Å². The van der Waals surface area contributed by atoms with Gasteiger partial charge in [-0.3, -0.25) is 10.3 Å². The molecule has 1 aromatic heterocycles. The molecule has 2 amide bonds. The number of hydrogen-bond donors (Lipinski definition) is 2. The molecule has 1 aliphatic carbocycles. The molecule has 0 unspecified atom stereocenters. The highest BCUT2D eigenvalue weighted by Crippen LogP contribution is 2.45. The van der Waals surface area contributed by atoms with Crippen molar-refractivity contribution in [2.24, 2.45) is 0 Å². The Hall–Kier alpha value is -2.14. The van der Waals surface area contributed by atoms with Crippen LogP contribution in [0.3, 0.4) is 0 Å². The van der Waals surface area contributed by atoms with Crippen molar-refractivity contribution in [3.63, 3.8) is 0 Å². The quantitative estimate of drug-likeness (QED) is 0.912. The molecule has 1 aromatic carbocycles. The Morgan fingerprint density at radius 1 is 1.30 bits per heavy atom. The molecule has 0 saturated heterocycles. The number of aromatic nitrogens is 2. The van der Waals surface area contributed by atoms with E-state index in [4.69, 9.17) is 11.6 Å². The zero-order valence-electron chi connectivity index (χ0n) is 10.6. The summed E-state index contributed by atoms with van der Waals surface area (Å²) in [6, 6.07) is 7.28. The van der Waals surface area contributed by atoms with Crippen LogP contribution in [0.25, 0.3) is 0 Å². The minimum absolute atomic E-state index is 0.289. The lowest BCUT2D eigenvalue weighted by Crippen LogP contribution is -2.38. The van der Waals surface area contributed by atoms with Crippen molar-refractivity contribution in [3.8, 4) is 0 Å². The first-order valence-corrected chi connectivity index (χ1v) is 6.67. The molecular formula is C14H13ClN4O. The van der Waals surface area contributed by atoms with Crippen LogP contribution < -0.4 is 10.6 Å². The zero-order valence-corrected chi connectivity index (χ0v) is 11.4. The van der Waals surface area contributed by atoms with Crippen molar-refractivity contribution in [1.29, 1.82) is 0 Å². The summed E-state index contributed by atoms with van der Waals surface area (Å²) >= 11 is 6.00. The number of nitrogens with one attached hydrogen (secondary N) is 2. The van der Waals surface area contributed by atoms with Crippen LogP contribution in [0.15, 0.2) is 42.9 Å². The third kappa shape index (κ3) is 2.72. The fourth-order valence-electron chi connectivity index (χ4n) is 2.13. The van der Waals surface area contributed by atoms with Crippen LogP contribution in [-0.4, -0.2) is 16.0 Å². The molecule has 102 valence electrons. The molecule has 1 saturated carbocycles. The number of nitrogens with zero attached hydrogens (tertiary/aromatic N) is 2. The van der Waals surface area contributed by atoms with Gasteiger partial charge in [-0.25, -0.2) is 9.78 Å². The van der Waals surface area contributed by atoms with Crippen LogP contribution in [0.4, 0.5) is 10.6 Å². The van der Waals surface area contributed by atoms with E-state index in [0.29, 0.717) is 10.8 Å². The fraction of sp³-hybridized carbons (Fsp3) is 0.214. The van der Waals surface area contributed by atoms with Gasteiger partial charge in [0, 0.05) is 17.4 Å². The maximum absolute atomic E-state index is 12.0. The average Bonchev–Trinajstić information content (AvgIpc) is 3.20. The lowest BCUT2D eigenvalue weighted by molar-refractivity contribution is 0.247. The number of benzene rings is 1. The number of urea groups is 1. The fourth-order valence-corrected chi connectivity index (χ4v) is 2.32. The number of carbonyl (C=O) groups excluding carboxylic acids is 1. The van der Waals surface area contributed by atoms with E-state index < -0.39 is 0 Å². The van der Waals surface area contributed by atoms with E-state index in [1.807, 2.05) is 24.3 Å². The van der Waals surface area contributed by atoms with Crippen LogP contribution in [0.5, 0.6) is 0 Å². The largest absolute Gasteiger partial charge is 0.328 e. The van der Waals surface area contributed by atoms with Crippen molar-refractivity contribution in [3.05, 3.63) is 53.4 Å². The van der Waals surface area contributed by atoms with Gasteiger partial charge < -0.3 is 5.32 Å². The first kappa shape index (κ1) is 12.9. The third-order valence-electron chi connectivity index (χ3n) is 3.28. The summed E-state index contributed by atoms with van der Waals surface area (Å²) in [6.07, 6.45) is 6.39. The van der Waals surface area contributed by atoms with Gasteiger partial charge in [0.05, 0.1) is 11.7 Å². The maximum atomic E-state index is 12.0. The van der Waals surface area contributed by atoms with Gasteiger partial charge in [0.1, 0.15) is 0 Å². The molecule has 0 bridgehead atoms. The summed E-state index contributed by atoms with van der Waals surface area (Å²) in [5.74, 6) is 0.423. The van der Waals surface area contributed by atoms with Gasteiger partial charge in [-0.1, -0.05) is 23.7 Å². The number of halogens is 1. The molecule has 5 nitrogen and oxygen atoms in total. The minimum Gasteiger partial charge on any atom is -0.328 e. The van der Waals surface area contributed by atoms with Crippen molar-refractivity contribution < 1.29 is 4.79 Å². The second-order valence-electron chi connectivity index (χ2n) is 4.76. The smallest absolute Gasteiger partial charge is 0.321 e. The van der Waals surface area contributed by atoms with E-state index in [0.717, 1.165) is 18.4 Å². The second-order valence-corrected chi connectivity index (χ2v) is 5.20. The third-order valence-corrected chi connectivity index (χ3v) is 3.52. The van der Waals surface area contributed by atoms with Crippen molar-refractivity contribution in [1.82, 2.24) is 15.3 Å². The molecule has 2 N–H and O–H groups in total. The van der Waals surface area contributed by atoms with Crippen molar-refractivity contribution >= 4 is 23.4 Å². The maximum Gasteiger partial charge on any atom is 0.321 e. The lowest BCUT2D eigenvalue weighted by Gasteiger charge is -2.18. The number of amides is 2. The molecule has 2 aromatic rings. The molecule has 20 heavy (non-hydrogen) atoms. The Balaban J connectivity index is 1.70. The Bertz CT molecular complexity index is 628. The molecule has 0 spiro atoms. The summed E-state index contributed by atoms with van der Waals surface area (Å²) in [5.41, 5.74) is 0.719. The summed E-state index contributed by atoms with van der Waals surface area (Å²) in [5, 5.41) is 6.32. The minimum atomic E-state index is -0.308.